The Morgan fingerprint density at radius 3 is 2.41 bits per heavy atom. The van der Waals surface area contributed by atoms with E-state index >= 15 is 0 Å². The summed E-state index contributed by atoms with van der Waals surface area (Å²) in [7, 11) is 0. The zero-order chi connectivity index (χ0) is 18.8. The van der Waals surface area contributed by atoms with Crippen molar-refractivity contribution in [3.05, 3.63) is 64.7 Å². The predicted octanol–water partition coefficient (Wildman–Crippen LogP) is 3.61. The molecule has 2 aliphatic rings. The minimum absolute atomic E-state index is 0.220. The molecule has 0 spiro atoms. The third-order valence-electron chi connectivity index (χ3n) is 5.66. The van der Waals surface area contributed by atoms with Gasteiger partial charge in [0.25, 0.3) is 0 Å². The smallest absolute Gasteiger partial charge is 0.241 e. The summed E-state index contributed by atoms with van der Waals surface area (Å²) < 4.78 is 0. The molecule has 2 aromatic rings. The van der Waals surface area contributed by atoms with E-state index in [1.165, 1.54) is 11.1 Å². The van der Waals surface area contributed by atoms with Crippen molar-refractivity contribution in [2.45, 2.75) is 19.4 Å². The summed E-state index contributed by atoms with van der Waals surface area (Å²) in [5.74, 6) is 0.638. The average molecular weight is 384 g/mol. The van der Waals surface area contributed by atoms with Crippen molar-refractivity contribution in [2.24, 2.45) is 0 Å². The number of piperazine rings is 1. The maximum atomic E-state index is 12.9. The van der Waals surface area contributed by atoms with Gasteiger partial charge in [-0.25, -0.2) is 0 Å². The van der Waals surface area contributed by atoms with Crippen LogP contribution in [0.2, 0.25) is 5.02 Å². The highest BCUT2D eigenvalue weighted by Crippen LogP contribution is 2.35. The first-order valence-electron chi connectivity index (χ1n) is 9.68. The lowest BCUT2D eigenvalue weighted by Gasteiger charge is -2.35. The second-order valence-corrected chi connectivity index (χ2v) is 8.08. The van der Waals surface area contributed by atoms with E-state index in [0.29, 0.717) is 12.5 Å². The quantitative estimate of drug-likeness (QED) is 0.807. The normalized spacial score (nSPS) is 20.7. The third-order valence-corrected chi connectivity index (χ3v) is 5.91. The second kappa shape index (κ2) is 8.01. The number of hydrogen-bond donors (Lipinski definition) is 0. The van der Waals surface area contributed by atoms with E-state index in [1.807, 2.05) is 23.1 Å². The Labute approximate surface area is 166 Å². The van der Waals surface area contributed by atoms with Crippen molar-refractivity contribution in [3.8, 4) is 0 Å². The number of hydrogen-bond acceptors (Lipinski definition) is 3. The first kappa shape index (κ1) is 18.5. The van der Waals surface area contributed by atoms with Crippen molar-refractivity contribution >= 4 is 23.2 Å². The van der Waals surface area contributed by atoms with Crippen molar-refractivity contribution in [3.63, 3.8) is 0 Å². The molecule has 4 nitrogen and oxygen atoms in total. The van der Waals surface area contributed by atoms with E-state index in [-0.39, 0.29) is 5.91 Å². The molecule has 5 heteroatoms. The summed E-state index contributed by atoms with van der Waals surface area (Å²) in [6.07, 6.45) is 0. The standard InChI is InChI=1S/C22H26ClN3O/c1-17-14-26(21-5-3-2-4-20(17)21)22(27)16-25-12-10-24(11-13-25)15-18-6-8-19(23)9-7-18/h2-9,17H,10-16H2,1H3/t17-/m0/s1. The number of carbonyl (C=O) groups excluding carboxylic acids is 1. The highest BCUT2D eigenvalue weighted by atomic mass is 35.5. The van der Waals surface area contributed by atoms with Gasteiger partial charge in [0, 0.05) is 55.9 Å². The number of para-hydroxylation sites is 1. The minimum atomic E-state index is 0.220. The molecule has 0 bridgehead atoms. The fraction of sp³-hybridized carbons (Fsp3) is 0.409. The lowest BCUT2D eigenvalue weighted by atomic mass is 10.0. The van der Waals surface area contributed by atoms with Gasteiger partial charge in [-0.1, -0.05) is 48.9 Å². The SMILES string of the molecule is C[C@H]1CN(C(=O)CN2CCN(Cc3ccc(Cl)cc3)CC2)c2ccccc21. The molecular formula is C22H26ClN3O. The maximum Gasteiger partial charge on any atom is 0.241 e. The van der Waals surface area contributed by atoms with Crippen molar-refractivity contribution < 1.29 is 4.79 Å². The molecule has 1 fully saturated rings. The second-order valence-electron chi connectivity index (χ2n) is 7.64. The summed E-state index contributed by atoms with van der Waals surface area (Å²) >= 11 is 5.96. The molecule has 0 aromatic heterocycles. The maximum absolute atomic E-state index is 12.9. The summed E-state index contributed by atoms with van der Waals surface area (Å²) in [5.41, 5.74) is 3.67. The zero-order valence-electron chi connectivity index (χ0n) is 15.8. The van der Waals surface area contributed by atoms with Gasteiger partial charge < -0.3 is 4.90 Å². The van der Waals surface area contributed by atoms with Gasteiger partial charge in [0.15, 0.2) is 0 Å². The van der Waals surface area contributed by atoms with E-state index in [2.05, 4.69) is 47.1 Å². The van der Waals surface area contributed by atoms with E-state index in [1.54, 1.807) is 0 Å². The fourth-order valence-electron chi connectivity index (χ4n) is 4.09. The number of benzene rings is 2. The topological polar surface area (TPSA) is 26.8 Å². The molecule has 1 amide bonds. The summed E-state index contributed by atoms with van der Waals surface area (Å²) in [4.78, 5) is 19.6. The summed E-state index contributed by atoms with van der Waals surface area (Å²) in [6.45, 7) is 8.29. The largest absolute Gasteiger partial charge is 0.310 e. The number of halogens is 1. The fourth-order valence-corrected chi connectivity index (χ4v) is 4.21. The van der Waals surface area contributed by atoms with Gasteiger partial charge in [0.05, 0.1) is 6.54 Å². The molecule has 0 N–H and O–H groups in total. The average Bonchev–Trinajstić information content (AvgIpc) is 3.02. The lowest BCUT2D eigenvalue weighted by molar-refractivity contribution is -0.120. The number of amides is 1. The highest BCUT2D eigenvalue weighted by molar-refractivity contribution is 6.30. The van der Waals surface area contributed by atoms with Crippen LogP contribution in [0.3, 0.4) is 0 Å². The van der Waals surface area contributed by atoms with Gasteiger partial charge in [0.2, 0.25) is 5.91 Å². The summed E-state index contributed by atoms with van der Waals surface area (Å²) in [5, 5.41) is 0.778. The van der Waals surface area contributed by atoms with Crippen LogP contribution in [-0.4, -0.2) is 55.0 Å². The summed E-state index contributed by atoms with van der Waals surface area (Å²) in [6, 6.07) is 16.4. The molecule has 1 atom stereocenters. The van der Waals surface area contributed by atoms with Crippen molar-refractivity contribution in [1.29, 1.82) is 0 Å². The van der Waals surface area contributed by atoms with E-state index in [4.69, 9.17) is 11.6 Å². The molecule has 0 saturated carbocycles. The molecule has 27 heavy (non-hydrogen) atoms. The number of carbonyl (C=O) groups is 1. The number of rotatable bonds is 4. The Balaban J connectivity index is 1.29. The van der Waals surface area contributed by atoms with Gasteiger partial charge in [-0.15, -0.1) is 0 Å². The molecule has 2 heterocycles. The Bertz CT molecular complexity index is 799. The molecule has 0 radical (unpaired) electrons. The monoisotopic (exact) mass is 383 g/mol. The van der Waals surface area contributed by atoms with Crippen LogP contribution >= 0.6 is 11.6 Å². The van der Waals surface area contributed by atoms with Crippen LogP contribution in [0.1, 0.15) is 24.0 Å². The zero-order valence-corrected chi connectivity index (χ0v) is 16.5. The van der Waals surface area contributed by atoms with Crippen LogP contribution in [0.5, 0.6) is 0 Å². The molecule has 4 rings (SSSR count). The number of nitrogens with zero attached hydrogens (tertiary/aromatic N) is 3. The third kappa shape index (κ3) is 4.18. The van der Waals surface area contributed by atoms with Crippen LogP contribution in [0.25, 0.3) is 0 Å². The molecule has 142 valence electrons. The van der Waals surface area contributed by atoms with Crippen LogP contribution in [0, 0.1) is 0 Å². The number of anilines is 1. The van der Waals surface area contributed by atoms with Gasteiger partial charge >= 0.3 is 0 Å². The molecule has 2 aromatic carbocycles. The van der Waals surface area contributed by atoms with Gasteiger partial charge in [0.1, 0.15) is 0 Å². The van der Waals surface area contributed by atoms with Gasteiger partial charge in [-0.3, -0.25) is 14.6 Å². The van der Waals surface area contributed by atoms with E-state index in [0.717, 1.165) is 50.0 Å². The predicted molar refractivity (Wildman–Crippen MR) is 110 cm³/mol. The minimum Gasteiger partial charge on any atom is -0.310 e. The van der Waals surface area contributed by atoms with Crippen LogP contribution in [0.15, 0.2) is 48.5 Å². The van der Waals surface area contributed by atoms with Crippen molar-refractivity contribution in [1.82, 2.24) is 9.80 Å². The van der Waals surface area contributed by atoms with E-state index < -0.39 is 0 Å². The van der Waals surface area contributed by atoms with Crippen LogP contribution in [0.4, 0.5) is 5.69 Å². The Morgan fingerprint density at radius 2 is 1.67 bits per heavy atom. The molecule has 0 aliphatic carbocycles. The van der Waals surface area contributed by atoms with Crippen LogP contribution in [-0.2, 0) is 11.3 Å². The Kier molecular flexibility index (Phi) is 5.48. The molecule has 2 aliphatic heterocycles. The molecule has 1 saturated heterocycles. The lowest BCUT2D eigenvalue weighted by Crippen LogP contribution is -2.49. The first-order chi connectivity index (χ1) is 13.1. The Hall–Kier alpha value is -1.88. The molecular weight excluding hydrogens is 358 g/mol. The molecule has 0 unspecified atom stereocenters. The first-order valence-corrected chi connectivity index (χ1v) is 10.1. The van der Waals surface area contributed by atoms with Gasteiger partial charge in [-0.05, 0) is 29.3 Å². The van der Waals surface area contributed by atoms with E-state index in [9.17, 15) is 4.79 Å². The van der Waals surface area contributed by atoms with Crippen molar-refractivity contribution in [2.75, 3.05) is 44.2 Å². The highest BCUT2D eigenvalue weighted by Gasteiger charge is 2.30. The Morgan fingerprint density at radius 1 is 1.00 bits per heavy atom. The number of fused-ring (bicyclic) bond motifs is 1. The van der Waals surface area contributed by atoms with Crippen LogP contribution < -0.4 is 4.90 Å². The van der Waals surface area contributed by atoms with Gasteiger partial charge in [-0.2, -0.15) is 0 Å².